The molecule has 3 aromatic rings. The van der Waals surface area contributed by atoms with Crippen LogP contribution in [0.1, 0.15) is 44.8 Å². The maximum Gasteiger partial charge on any atom is 0.257 e. The van der Waals surface area contributed by atoms with E-state index in [4.69, 9.17) is 4.42 Å². The Labute approximate surface area is 169 Å². The van der Waals surface area contributed by atoms with E-state index in [0.29, 0.717) is 24.2 Å². The largest absolute Gasteiger partial charge is 0.472 e. The summed E-state index contributed by atoms with van der Waals surface area (Å²) in [6, 6.07) is 9.66. The third-order valence-electron chi connectivity index (χ3n) is 5.48. The molecule has 4 rings (SSSR count). The topological polar surface area (TPSA) is 80.4 Å². The summed E-state index contributed by atoms with van der Waals surface area (Å²) in [7, 11) is 0. The summed E-state index contributed by atoms with van der Waals surface area (Å²) in [6.45, 7) is 5.14. The SMILES string of the molecule is Cc1ccccc1-n1ncc(C(=O)NC2CCN(C(=O)c3ccoc3)CC2)c1C. The molecule has 0 atom stereocenters. The van der Waals surface area contributed by atoms with Crippen molar-refractivity contribution >= 4 is 11.8 Å². The van der Waals surface area contributed by atoms with Crippen LogP contribution < -0.4 is 5.32 Å². The van der Waals surface area contributed by atoms with Crippen LogP contribution in [0.15, 0.2) is 53.5 Å². The lowest BCUT2D eigenvalue weighted by molar-refractivity contribution is 0.0697. The summed E-state index contributed by atoms with van der Waals surface area (Å²) in [5.74, 6) is -0.152. The molecule has 2 aromatic heterocycles. The Morgan fingerprint density at radius 1 is 1.14 bits per heavy atom. The molecule has 1 aliphatic heterocycles. The van der Waals surface area contributed by atoms with Gasteiger partial charge in [-0.2, -0.15) is 5.10 Å². The first-order chi connectivity index (χ1) is 14.0. The first-order valence-corrected chi connectivity index (χ1v) is 9.77. The first-order valence-electron chi connectivity index (χ1n) is 9.77. The monoisotopic (exact) mass is 392 g/mol. The highest BCUT2D eigenvalue weighted by atomic mass is 16.3. The number of rotatable bonds is 4. The van der Waals surface area contributed by atoms with Crippen LogP contribution in [0, 0.1) is 13.8 Å². The molecule has 0 bridgehead atoms. The number of hydrogen-bond acceptors (Lipinski definition) is 4. The summed E-state index contributed by atoms with van der Waals surface area (Å²) >= 11 is 0. The van der Waals surface area contributed by atoms with E-state index >= 15 is 0 Å². The normalized spacial score (nSPS) is 14.8. The minimum absolute atomic E-state index is 0.0288. The number of nitrogens with zero attached hydrogens (tertiary/aromatic N) is 3. The summed E-state index contributed by atoms with van der Waals surface area (Å²) < 4.78 is 6.79. The van der Waals surface area contributed by atoms with Crippen molar-refractivity contribution in [1.29, 1.82) is 0 Å². The molecule has 1 aliphatic rings. The fourth-order valence-electron chi connectivity index (χ4n) is 3.74. The standard InChI is InChI=1S/C22H24N4O3/c1-15-5-3-4-6-20(15)26-16(2)19(13-23-26)21(27)24-18-7-10-25(11-8-18)22(28)17-9-12-29-14-17/h3-6,9,12-14,18H,7-8,10-11H2,1-2H3,(H,24,27). The minimum atomic E-state index is -0.123. The third kappa shape index (κ3) is 3.81. The zero-order valence-electron chi connectivity index (χ0n) is 16.6. The number of para-hydroxylation sites is 1. The second-order valence-electron chi connectivity index (χ2n) is 7.39. The second-order valence-corrected chi connectivity index (χ2v) is 7.39. The van der Waals surface area contributed by atoms with Gasteiger partial charge in [-0.15, -0.1) is 0 Å². The summed E-state index contributed by atoms with van der Waals surface area (Å²) in [5, 5.41) is 7.52. The van der Waals surface area contributed by atoms with Gasteiger partial charge in [-0.25, -0.2) is 4.68 Å². The van der Waals surface area contributed by atoms with Crippen LogP contribution in [0.2, 0.25) is 0 Å². The lowest BCUT2D eigenvalue weighted by Gasteiger charge is -2.32. The Hall–Kier alpha value is -3.35. The molecule has 29 heavy (non-hydrogen) atoms. The molecule has 1 fully saturated rings. The number of aryl methyl sites for hydroxylation is 1. The molecule has 7 nitrogen and oxygen atoms in total. The van der Waals surface area contributed by atoms with Crippen molar-refractivity contribution in [2.45, 2.75) is 32.7 Å². The molecule has 150 valence electrons. The molecule has 1 saturated heterocycles. The van der Waals surface area contributed by atoms with Crippen molar-refractivity contribution in [3.63, 3.8) is 0 Å². The second kappa shape index (κ2) is 7.95. The van der Waals surface area contributed by atoms with Crippen LogP contribution in [0.5, 0.6) is 0 Å². The molecule has 0 saturated carbocycles. The smallest absolute Gasteiger partial charge is 0.257 e. The number of benzene rings is 1. The molecule has 1 N–H and O–H groups in total. The zero-order valence-corrected chi connectivity index (χ0v) is 16.6. The molecular weight excluding hydrogens is 368 g/mol. The molecule has 0 spiro atoms. The summed E-state index contributed by atoms with van der Waals surface area (Å²) in [4.78, 5) is 27.0. The van der Waals surface area contributed by atoms with Crippen LogP contribution in [0.4, 0.5) is 0 Å². The van der Waals surface area contributed by atoms with Crippen LogP contribution in [0.3, 0.4) is 0 Å². The fourth-order valence-corrected chi connectivity index (χ4v) is 3.74. The van der Waals surface area contributed by atoms with Gasteiger partial charge in [0.2, 0.25) is 0 Å². The minimum Gasteiger partial charge on any atom is -0.472 e. The number of amides is 2. The van der Waals surface area contributed by atoms with Crippen LogP contribution in [-0.2, 0) is 0 Å². The molecule has 1 aromatic carbocycles. The highest BCUT2D eigenvalue weighted by Gasteiger charge is 2.26. The van der Waals surface area contributed by atoms with Gasteiger partial charge in [-0.1, -0.05) is 18.2 Å². The van der Waals surface area contributed by atoms with Gasteiger partial charge in [0, 0.05) is 19.1 Å². The molecule has 0 unspecified atom stereocenters. The van der Waals surface area contributed by atoms with Gasteiger partial charge in [0.1, 0.15) is 6.26 Å². The van der Waals surface area contributed by atoms with Gasteiger partial charge in [0.05, 0.1) is 35.0 Å². The molecular formula is C22H24N4O3. The molecule has 0 radical (unpaired) electrons. The van der Waals surface area contributed by atoms with Gasteiger partial charge in [0.15, 0.2) is 0 Å². The number of piperidine rings is 1. The summed E-state index contributed by atoms with van der Waals surface area (Å²) in [6.07, 6.45) is 6.03. The molecule has 2 amide bonds. The Kier molecular flexibility index (Phi) is 5.20. The van der Waals surface area contributed by atoms with E-state index in [1.54, 1.807) is 21.8 Å². The third-order valence-corrected chi connectivity index (χ3v) is 5.48. The van der Waals surface area contributed by atoms with E-state index in [1.807, 2.05) is 38.1 Å². The van der Waals surface area contributed by atoms with Crippen LogP contribution in [0.25, 0.3) is 5.69 Å². The summed E-state index contributed by atoms with van der Waals surface area (Å²) in [5.41, 5.74) is 4.01. The van der Waals surface area contributed by atoms with E-state index in [1.165, 1.54) is 12.5 Å². The predicted octanol–water partition coefficient (Wildman–Crippen LogP) is 3.12. The highest BCUT2D eigenvalue weighted by Crippen LogP contribution is 2.19. The Bertz CT molecular complexity index is 1010. The average molecular weight is 392 g/mol. The number of furan rings is 1. The highest BCUT2D eigenvalue weighted by molar-refractivity contribution is 5.95. The van der Waals surface area contributed by atoms with E-state index in [-0.39, 0.29) is 17.9 Å². The van der Waals surface area contributed by atoms with E-state index in [2.05, 4.69) is 10.4 Å². The van der Waals surface area contributed by atoms with Crippen LogP contribution >= 0.6 is 0 Å². The Balaban J connectivity index is 1.38. The number of carbonyl (C=O) groups is 2. The lowest BCUT2D eigenvalue weighted by Crippen LogP contribution is -2.46. The maximum atomic E-state index is 12.8. The number of nitrogens with one attached hydrogen (secondary N) is 1. The van der Waals surface area contributed by atoms with E-state index in [0.717, 1.165) is 29.8 Å². The van der Waals surface area contributed by atoms with Crippen LogP contribution in [-0.4, -0.2) is 45.6 Å². The van der Waals surface area contributed by atoms with Gasteiger partial charge < -0.3 is 14.6 Å². The quantitative estimate of drug-likeness (QED) is 0.740. The van der Waals surface area contributed by atoms with Gasteiger partial charge in [0.25, 0.3) is 11.8 Å². The Morgan fingerprint density at radius 3 is 2.59 bits per heavy atom. The molecule has 7 heteroatoms. The number of aromatic nitrogens is 2. The van der Waals surface area contributed by atoms with Crippen molar-refractivity contribution in [2.24, 2.45) is 0 Å². The van der Waals surface area contributed by atoms with Gasteiger partial charge in [-0.05, 0) is 44.4 Å². The van der Waals surface area contributed by atoms with Crippen molar-refractivity contribution in [1.82, 2.24) is 20.0 Å². The van der Waals surface area contributed by atoms with Crippen molar-refractivity contribution in [2.75, 3.05) is 13.1 Å². The van der Waals surface area contributed by atoms with Gasteiger partial charge >= 0.3 is 0 Å². The molecule has 0 aliphatic carbocycles. The first kappa shape index (κ1) is 19.0. The maximum absolute atomic E-state index is 12.8. The molecule has 3 heterocycles. The fraction of sp³-hybridized carbons (Fsp3) is 0.318. The van der Waals surface area contributed by atoms with E-state index < -0.39 is 0 Å². The average Bonchev–Trinajstić information content (AvgIpc) is 3.39. The number of carbonyl (C=O) groups excluding carboxylic acids is 2. The van der Waals surface area contributed by atoms with Crippen molar-refractivity contribution in [3.05, 3.63) is 71.4 Å². The number of hydrogen-bond donors (Lipinski definition) is 1. The number of likely N-dealkylation sites (tertiary alicyclic amines) is 1. The predicted molar refractivity (Wildman–Crippen MR) is 108 cm³/mol. The zero-order chi connectivity index (χ0) is 20.4. The van der Waals surface area contributed by atoms with E-state index in [9.17, 15) is 9.59 Å². The van der Waals surface area contributed by atoms with Gasteiger partial charge in [-0.3, -0.25) is 9.59 Å². The Morgan fingerprint density at radius 2 is 1.90 bits per heavy atom. The van der Waals surface area contributed by atoms with Crippen molar-refractivity contribution in [3.8, 4) is 5.69 Å². The van der Waals surface area contributed by atoms with Crippen molar-refractivity contribution < 1.29 is 14.0 Å². The lowest BCUT2D eigenvalue weighted by atomic mass is 10.0.